The van der Waals surface area contributed by atoms with E-state index in [0.29, 0.717) is 119 Å². The molecule has 30 nitrogen and oxygen atoms in total. The van der Waals surface area contributed by atoms with Crippen LogP contribution in [0.15, 0.2) is 48.5 Å². The van der Waals surface area contributed by atoms with E-state index in [1.807, 2.05) is 0 Å². The third kappa shape index (κ3) is 26.9. The molecule has 0 spiro atoms. The summed E-state index contributed by atoms with van der Waals surface area (Å²) in [6.45, 7) is 9.46. The van der Waals surface area contributed by atoms with Crippen LogP contribution in [-0.2, 0) is 85.3 Å². The van der Waals surface area contributed by atoms with E-state index in [1.54, 1.807) is 42.7 Å². The first-order valence-corrected chi connectivity index (χ1v) is 32.6. The van der Waals surface area contributed by atoms with E-state index in [0.717, 1.165) is 9.80 Å². The van der Waals surface area contributed by atoms with Crippen molar-refractivity contribution in [3.63, 3.8) is 0 Å². The van der Waals surface area contributed by atoms with E-state index in [-0.39, 0.29) is 198 Å². The van der Waals surface area contributed by atoms with Crippen molar-refractivity contribution in [3.05, 3.63) is 70.8 Å². The molecule has 0 bridgehead atoms. The van der Waals surface area contributed by atoms with Crippen molar-refractivity contribution >= 4 is 45.8 Å². The number of nitrogens with zero attached hydrogens (tertiary/aromatic N) is 2. The summed E-state index contributed by atoms with van der Waals surface area (Å²) in [5.74, 6) is -2.35. The Labute approximate surface area is 572 Å². The van der Waals surface area contributed by atoms with Gasteiger partial charge in [-0.05, 0) is 24.3 Å². The first-order valence-electron chi connectivity index (χ1n) is 32.6. The van der Waals surface area contributed by atoms with Gasteiger partial charge in [-0.25, -0.2) is 9.80 Å². The molecule has 4 amide bonds. The minimum atomic E-state index is -0.765. The van der Waals surface area contributed by atoms with Gasteiger partial charge in [-0.1, -0.05) is 0 Å². The van der Waals surface area contributed by atoms with Gasteiger partial charge >= 0.3 is 0 Å². The molecule has 2 aliphatic rings. The Bertz CT molecular complexity index is 2590. The maximum absolute atomic E-state index is 15.2. The van der Waals surface area contributed by atoms with Crippen molar-refractivity contribution in [2.45, 2.75) is 0 Å². The Morgan fingerprint density at radius 3 is 0.571 bits per heavy atom. The van der Waals surface area contributed by atoms with Crippen LogP contribution in [0.25, 0.3) is 10.8 Å². The molecule has 0 aliphatic carbocycles. The zero-order valence-corrected chi connectivity index (χ0v) is 57.4. The van der Waals surface area contributed by atoms with Crippen LogP contribution in [0.2, 0.25) is 0 Å². The molecular weight excluding hydrogens is 1290 g/mol. The Balaban J connectivity index is 1.32. The van der Waals surface area contributed by atoms with E-state index in [1.165, 1.54) is 48.5 Å². The van der Waals surface area contributed by atoms with E-state index < -0.39 is 23.6 Å². The normalized spacial score (nSPS) is 12.8. The molecule has 0 N–H and O–H groups in total. The zero-order valence-electron chi connectivity index (χ0n) is 57.4. The lowest BCUT2D eigenvalue weighted by Gasteiger charge is -2.32. The molecule has 0 radical (unpaired) electrons. The molecule has 6 rings (SSSR count). The molecule has 0 saturated carbocycles. The maximum atomic E-state index is 15.2. The predicted octanol–water partition coefficient (Wildman–Crippen LogP) is 4.79. The minimum Gasteiger partial charge on any atom is -0.487 e. The maximum Gasteiger partial charge on any atom is 0.265 e. The van der Waals surface area contributed by atoms with Crippen LogP contribution in [0.5, 0.6) is 34.5 Å². The summed E-state index contributed by atoms with van der Waals surface area (Å²) < 4.78 is 136. The lowest BCUT2D eigenvalue weighted by Crippen LogP contribution is -2.43. The highest BCUT2D eigenvalue weighted by atomic mass is 16.6. The van der Waals surface area contributed by atoms with Gasteiger partial charge in [-0.15, -0.1) is 0 Å². The molecule has 0 unspecified atom stereocenters. The Kier molecular flexibility index (Phi) is 40.3. The second kappa shape index (κ2) is 49.1. The number of hydrogen-bond acceptors (Lipinski definition) is 28. The number of carbonyl (C=O) groups is 4. The summed E-state index contributed by atoms with van der Waals surface area (Å²) in [5.41, 5.74) is 0.244. The Morgan fingerprint density at radius 1 is 0.224 bits per heavy atom. The summed E-state index contributed by atoms with van der Waals surface area (Å²) >= 11 is 0. The minimum absolute atomic E-state index is 0.000448. The SMILES string of the molecule is COCCOCCOCCOc1cc(N2C(=O)c3ccc4c5c(ccc(c35)C2=O)C(=O)N(c2cc(OCCOCCOCCOC)c(OCCOCCOCCOC)c(OCCOCCOCCOC)c2)C4=O)cc(OCCOCCOCCOC)c1OCCOCCOCCOC. The van der Waals surface area contributed by atoms with Gasteiger partial charge in [0.15, 0.2) is 23.0 Å². The third-order valence-electron chi connectivity index (χ3n) is 14.1. The molecule has 0 aromatic heterocycles. The average molecular weight is 1390 g/mol. The summed E-state index contributed by atoms with van der Waals surface area (Å²) in [6, 6.07) is 11.8. The average Bonchev–Trinajstić information content (AvgIpc) is 0.708. The van der Waals surface area contributed by atoms with Gasteiger partial charge in [0.1, 0.15) is 39.6 Å². The first-order chi connectivity index (χ1) is 48.2. The van der Waals surface area contributed by atoms with Gasteiger partial charge in [0.2, 0.25) is 11.5 Å². The summed E-state index contributed by atoms with van der Waals surface area (Å²) in [4.78, 5) is 62.7. The Morgan fingerprint density at radius 2 is 0.388 bits per heavy atom. The number of methoxy groups -OCH3 is 6. The highest BCUT2D eigenvalue weighted by Gasteiger charge is 2.42. The number of benzene rings is 4. The number of anilines is 2. The molecule has 2 aliphatic heterocycles. The molecule has 2 heterocycles. The lowest BCUT2D eigenvalue weighted by atomic mass is 9.85. The predicted molar refractivity (Wildman–Crippen MR) is 353 cm³/mol. The molecule has 0 saturated heterocycles. The van der Waals surface area contributed by atoms with E-state index in [9.17, 15) is 0 Å². The summed E-state index contributed by atoms with van der Waals surface area (Å²) in [6.07, 6.45) is 0. The number of ether oxygens (including phenoxy) is 24. The van der Waals surface area contributed by atoms with Gasteiger partial charge in [0.05, 0.1) is 210 Å². The van der Waals surface area contributed by atoms with Gasteiger partial charge in [-0.3, -0.25) is 19.2 Å². The van der Waals surface area contributed by atoms with E-state index in [4.69, 9.17) is 114 Å². The van der Waals surface area contributed by atoms with Crippen molar-refractivity contribution in [3.8, 4) is 34.5 Å². The van der Waals surface area contributed by atoms with Crippen LogP contribution in [0.4, 0.5) is 11.4 Å². The summed E-state index contributed by atoms with van der Waals surface area (Å²) in [7, 11) is 9.53. The largest absolute Gasteiger partial charge is 0.487 e. The molecule has 0 atom stereocenters. The van der Waals surface area contributed by atoms with E-state index >= 15 is 19.2 Å². The van der Waals surface area contributed by atoms with Crippen LogP contribution in [-0.4, -0.2) is 304 Å². The molecule has 548 valence electrons. The van der Waals surface area contributed by atoms with Crippen molar-refractivity contribution in [1.29, 1.82) is 0 Å². The van der Waals surface area contributed by atoms with Crippen LogP contribution in [0.1, 0.15) is 41.4 Å². The molecule has 4 aromatic carbocycles. The van der Waals surface area contributed by atoms with Crippen LogP contribution >= 0.6 is 0 Å². The number of carbonyl (C=O) groups excluding carboxylic acids is 4. The van der Waals surface area contributed by atoms with Gasteiger partial charge < -0.3 is 114 Å². The van der Waals surface area contributed by atoms with Gasteiger partial charge in [0.25, 0.3) is 23.6 Å². The molecule has 0 fully saturated rings. The van der Waals surface area contributed by atoms with Crippen molar-refractivity contribution < 1.29 is 133 Å². The standard InChI is InChI=1S/C68H98N2O28/c1-75-11-17-81-23-29-87-35-41-93-57-47-51(48-58(94-42-36-88-30-24-82-18-12-76-2)63(57)97-45-39-91-33-27-85-21-15-79-5)69-65(71)53-7-9-55-62-56(10-8-54(61(53)62)66(69)72)68(74)70(67(55)73)52-49-59(95-43-37-89-31-25-83-19-13-77-3)64(98-46-40-92-34-28-86-22-16-80-6)60(50-52)96-44-38-90-32-26-84-20-14-78-4/h7-10,47-50H,11-46H2,1-6H3. The number of imide groups is 2. The second-order valence-corrected chi connectivity index (χ2v) is 20.9. The van der Waals surface area contributed by atoms with Crippen molar-refractivity contribution in [1.82, 2.24) is 0 Å². The Hall–Kier alpha value is -6.50. The fraction of sp³-hybridized carbons (Fsp3) is 0.618. The molecular formula is C68H98N2O28. The van der Waals surface area contributed by atoms with Gasteiger partial charge in [0, 0.05) is 100.0 Å². The fourth-order valence-corrected chi connectivity index (χ4v) is 9.47. The molecule has 30 heteroatoms. The molecule has 98 heavy (non-hydrogen) atoms. The van der Waals surface area contributed by atoms with Crippen molar-refractivity contribution in [2.24, 2.45) is 0 Å². The number of hydrogen-bond donors (Lipinski definition) is 0. The monoisotopic (exact) mass is 1390 g/mol. The van der Waals surface area contributed by atoms with Gasteiger partial charge in [-0.2, -0.15) is 0 Å². The fourth-order valence-electron chi connectivity index (χ4n) is 9.47. The second-order valence-electron chi connectivity index (χ2n) is 20.9. The van der Waals surface area contributed by atoms with E-state index in [2.05, 4.69) is 0 Å². The van der Waals surface area contributed by atoms with Crippen LogP contribution < -0.4 is 38.2 Å². The highest BCUT2D eigenvalue weighted by molar-refractivity contribution is 6.42. The van der Waals surface area contributed by atoms with Crippen molar-refractivity contribution in [2.75, 3.05) is 290 Å². The highest BCUT2D eigenvalue weighted by Crippen LogP contribution is 2.47. The number of rotatable bonds is 62. The quantitative estimate of drug-likeness (QED) is 0.0424. The molecule has 4 aromatic rings. The van der Waals surface area contributed by atoms with Crippen LogP contribution in [0, 0.1) is 0 Å². The lowest BCUT2D eigenvalue weighted by molar-refractivity contribution is 0.0146. The number of amides is 4. The smallest absolute Gasteiger partial charge is 0.265 e. The summed E-state index contributed by atoms with van der Waals surface area (Å²) in [5, 5.41) is 0.232. The zero-order chi connectivity index (χ0) is 69.6. The topological polar surface area (TPSA) is 296 Å². The van der Waals surface area contributed by atoms with Crippen LogP contribution in [0.3, 0.4) is 0 Å². The third-order valence-corrected chi connectivity index (χ3v) is 14.1. The first kappa shape index (κ1) is 80.5.